The molecule has 0 aliphatic carbocycles. The second kappa shape index (κ2) is 12.0. The number of nitrogens with one attached hydrogen (secondary N) is 1. The van der Waals surface area contributed by atoms with Crippen LogP contribution < -0.4 is 5.32 Å². The van der Waals surface area contributed by atoms with Gasteiger partial charge in [-0.1, -0.05) is 97.9 Å². The molecule has 0 spiro atoms. The first-order valence-electron chi connectivity index (χ1n) is 11.5. The minimum atomic E-state index is -0.994. The van der Waals surface area contributed by atoms with Crippen LogP contribution in [0, 0.1) is 5.92 Å². The van der Waals surface area contributed by atoms with Crippen LogP contribution in [0.25, 0.3) is 0 Å². The number of ether oxygens (including phenoxy) is 2. The molecule has 0 radical (unpaired) electrons. The van der Waals surface area contributed by atoms with Crippen LogP contribution in [0.2, 0.25) is 0 Å². The summed E-state index contributed by atoms with van der Waals surface area (Å²) in [5.74, 6) is -1.93. The van der Waals surface area contributed by atoms with E-state index in [0.29, 0.717) is 0 Å². The quantitative estimate of drug-likeness (QED) is 0.351. The Kier molecular flexibility index (Phi) is 8.79. The summed E-state index contributed by atoms with van der Waals surface area (Å²) in [5.41, 5.74) is 2.04. The molecular weight excluding hydrogens is 442 g/mol. The molecule has 0 saturated carbocycles. The molecule has 0 bridgehead atoms. The van der Waals surface area contributed by atoms with Crippen molar-refractivity contribution in [2.75, 3.05) is 14.2 Å². The Labute approximate surface area is 206 Å². The van der Waals surface area contributed by atoms with Crippen molar-refractivity contribution in [2.24, 2.45) is 5.92 Å². The predicted molar refractivity (Wildman–Crippen MR) is 134 cm³/mol. The number of methoxy groups -OCH3 is 2. The third-order valence-corrected chi connectivity index (χ3v) is 6.28. The lowest BCUT2D eigenvalue weighted by Gasteiger charge is -2.36. The maximum absolute atomic E-state index is 13.6. The molecule has 1 N–H and O–H groups in total. The average Bonchev–Trinajstić information content (AvgIpc) is 2.91. The maximum atomic E-state index is 13.6. The van der Waals surface area contributed by atoms with Crippen molar-refractivity contribution in [1.82, 2.24) is 5.32 Å². The van der Waals surface area contributed by atoms with Crippen molar-refractivity contribution < 1.29 is 23.9 Å². The van der Waals surface area contributed by atoms with Crippen molar-refractivity contribution in [3.05, 3.63) is 108 Å². The van der Waals surface area contributed by atoms with Gasteiger partial charge in [-0.3, -0.25) is 9.59 Å². The normalized spacial score (nSPS) is 12.8. The van der Waals surface area contributed by atoms with Gasteiger partial charge in [0, 0.05) is 6.42 Å². The number of hydrogen-bond acceptors (Lipinski definition) is 5. The Bertz CT molecular complexity index is 1020. The third-order valence-electron chi connectivity index (χ3n) is 6.28. The Hall–Kier alpha value is -3.93. The third kappa shape index (κ3) is 5.96. The first-order valence-corrected chi connectivity index (χ1v) is 11.5. The highest BCUT2D eigenvalue weighted by Crippen LogP contribution is 2.42. The van der Waals surface area contributed by atoms with Gasteiger partial charge in [-0.25, -0.2) is 4.79 Å². The number of carbonyl (C=O) groups excluding carboxylic acids is 3. The molecule has 6 nitrogen and oxygen atoms in total. The van der Waals surface area contributed by atoms with Gasteiger partial charge in [0.05, 0.1) is 26.1 Å². The fraction of sp³-hybridized carbons (Fsp3) is 0.276. The van der Waals surface area contributed by atoms with Crippen molar-refractivity contribution in [2.45, 2.75) is 31.2 Å². The molecule has 6 heteroatoms. The summed E-state index contributed by atoms with van der Waals surface area (Å²) in [6.07, 6.45) is 0.0151. The molecule has 0 aromatic heterocycles. The van der Waals surface area contributed by atoms with E-state index in [1.54, 1.807) is 6.92 Å². The van der Waals surface area contributed by atoms with Gasteiger partial charge >= 0.3 is 11.9 Å². The fourth-order valence-electron chi connectivity index (χ4n) is 4.46. The van der Waals surface area contributed by atoms with E-state index in [4.69, 9.17) is 9.47 Å². The molecule has 0 saturated heterocycles. The van der Waals surface area contributed by atoms with Crippen molar-refractivity contribution in [3.8, 4) is 0 Å². The largest absolute Gasteiger partial charge is 0.469 e. The predicted octanol–water partition coefficient (Wildman–Crippen LogP) is 4.27. The molecule has 0 fully saturated rings. The fourth-order valence-corrected chi connectivity index (χ4v) is 4.46. The number of carbonyl (C=O) groups is 3. The Morgan fingerprint density at radius 3 is 1.54 bits per heavy atom. The standard InChI is InChI=1S/C29H31NO5/c1-21(19-26(32)34-2)27(28(33)35-3)30-25(31)20-29(22-13-7-4-8-14-22,23-15-9-5-10-16-23)24-17-11-6-12-18-24/h4-18,21,27H,19-20H2,1-3H3,(H,30,31)/t21-,27+/m1/s1. The van der Waals surface area contributed by atoms with Gasteiger partial charge < -0.3 is 14.8 Å². The highest BCUT2D eigenvalue weighted by molar-refractivity contribution is 5.87. The van der Waals surface area contributed by atoms with Crippen LogP contribution in [-0.2, 0) is 29.3 Å². The van der Waals surface area contributed by atoms with Crippen molar-refractivity contribution in [1.29, 1.82) is 0 Å². The SMILES string of the molecule is COC(=O)C[C@@H](C)[C@H](NC(=O)CC(c1ccccc1)(c1ccccc1)c1ccccc1)C(=O)OC. The number of esters is 2. The van der Waals surface area contributed by atoms with Gasteiger partial charge in [0.2, 0.25) is 5.91 Å². The summed E-state index contributed by atoms with van der Waals surface area (Å²) >= 11 is 0. The van der Waals surface area contributed by atoms with Crippen LogP contribution >= 0.6 is 0 Å². The summed E-state index contributed by atoms with van der Waals surface area (Å²) in [6, 6.07) is 28.5. The second-order valence-electron chi connectivity index (χ2n) is 8.51. The van der Waals surface area contributed by atoms with Crippen molar-refractivity contribution in [3.63, 3.8) is 0 Å². The van der Waals surface area contributed by atoms with Crippen LogP contribution in [0.3, 0.4) is 0 Å². The van der Waals surface area contributed by atoms with Gasteiger partial charge in [-0.15, -0.1) is 0 Å². The lowest BCUT2D eigenvalue weighted by molar-refractivity contribution is -0.148. The molecule has 3 aromatic rings. The number of amides is 1. The summed E-state index contributed by atoms with van der Waals surface area (Å²) < 4.78 is 9.67. The average molecular weight is 474 g/mol. The molecule has 0 heterocycles. The highest BCUT2D eigenvalue weighted by atomic mass is 16.5. The first-order chi connectivity index (χ1) is 16.9. The van der Waals surface area contributed by atoms with Crippen LogP contribution in [0.1, 0.15) is 36.5 Å². The monoisotopic (exact) mass is 473 g/mol. The topological polar surface area (TPSA) is 81.7 Å². The zero-order chi connectivity index (χ0) is 25.3. The van der Waals surface area contributed by atoms with Crippen LogP contribution in [0.5, 0.6) is 0 Å². The van der Waals surface area contributed by atoms with Gasteiger partial charge in [-0.2, -0.15) is 0 Å². The number of hydrogen-bond donors (Lipinski definition) is 1. The van der Waals surface area contributed by atoms with Crippen LogP contribution in [0.15, 0.2) is 91.0 Å². The summed E-state index contributed by atoms with van der Waals surface area (Å²) in [7, 11) is 2.54. The van der Waals surface area contributed by atoms with E-state index in [2.05, 4.69) is 5.32 Å². The number of benzene rings is 3. The van der Waals surface area contributed by atoms with E-state index in [1.807, 2.05) is 91.0 Å². The number of rotatable bonds is 10. The second-order valence-corrected chi connectivity index (χ2v) is 8.51. The molecule has 0 aliphatic rings. The minimum absolute atomic E-state index is 0.0300. The van der Waals surface area contributed by atoms with E-state index in [0.717, 1.165) is 16.7 Å². The van der Waals surface area contributed by atoms with E-state index in [-0.39, 0.29) is 18.7 Å². The Morgan fingerprint density at radius 2 is 1.17 bits per heavy atom. The van der Waals surface area contributed by atoms with E-state index >= 15 is 0 Å². The zero-order valence-corrected chi connectivity index (χ0v) is 20.3. The van der Waals surface area contributed by atoms with Crippen LogP contribution in [0.4, 0.5) is 0 Å². The smallest absolute Gasteiger partial charge is 0.328 e. The molecule has 0 unspecified atom stereocenters. The molecule has 2 atom stereocenters. The molecule has 182 valence electrons. The van der Waals surface area contributed by atoms with Gasteiger partial charge in [0.25, 0.3) is 0 Å². The van der Waals surface area contributed by atoms with Gasteiger partial charge in [-0.05, 0) is 22.6 Å². The zero-order valence-electron chi connectivity index (χ0n) is 20.3. The minimum Gasteiger partial charge on any atom is -0.469 e. The van der Waals surface area contributed by atoms with E-state index in [1.165, 1.54) is 14.2 Å². The summed E-state index contributed by atoms with van der Waals surface area (Å²) in [4.78, 5) is 38.0. The van der Waals surface area contributed by atoms with Gasteiger partial charge in [0.15, 0.2) is 0 Å². The van der Waals surface area contributed by atoms with Crippen molar-refractivity contribution >= 4 is 17.8 Å². The molecule has 1 amide bonds. The Morgan fingerprint density at radius 1 is 0.743 bits per heavy atom. The van der Waals surface area contributed by atoms with E-state index in [9.17, 15) is 14.4 Å². The van der Waals surface area contributed by atoms with Gasteiger partial charge in [0.1, 0.15) is 6.04 Å². The molecule has 0 aliphatic heterocycles. The lowest BCUT2D eigenvalue weighted by atomic mass is 9.67. The van der Waals surface area contributed by atoms with Crippen LogP contribution in [-0.4, -0.2) is 38.1 Å². The lowest BCUT2D eigenvalue weighted by Crippen LogP contribution is -2.48. The highest BCUT2D eigenvalue weighted by Gasteiger charge is 2.40. The molecule has 3 rings (SSSR count). The molecule has 3 aromatic carbocycles. The van der Waals surface area contributed by atoms with E-state index < -0.39 is 29.3 Å². The summed E-state index contributed by atoms with van der Waals surface area (Å²) in [5, 5.41) is 2.84. The summed E-state index contributed by atoms with van der Waals surface area (Å²) in [6.45, 7) is 1.71. The molecular formula is C29H31NO5. The maximum Gasteiger partial charge on any atom is 0.328 e. The first kappa shape index (κ1) is 25.7. The molecule has 35 heavy (non-hydrogen) atoms. The Balaban J connectivity index is 2.05.